The molecule has 0 aliphatic heterocycles. The van der Waals surface area contributed by atoms with Gasteiger partial charge in [-0.3, -0.25) is 0 Å². The molecule has 0 spiro atoms. The van der Waals surface area contributed by atoms with Gasteiger partial charge in [0.1, 0.15) is 0 Å². The fraction of sp³-hybridized carbons (Fsp3) is 0. The van der Waals surface area contributed by atoms with E-state index < -0.39 is 0 Å². The van der Waals surface area contributed by atoms with E-state index in [4.69, 9.17) is 11.5 Å². The summed E-state index contributed by atoms with van der Waals surface area (Å²) in [7, 11) is 0. The van der Waals surface area contributed by atoms with E-state index in [1.165, 1.54) is 0 Å². The highest BCUT2D eigenvalue weighted by Crippen LogP contribution is 2.10. The number of rotatable bonds is 0. The Morgan fingerprint density at radius 1 is 0.889 bits per heavy atom. The molecule has 0 saturated carbocycles. The maximum atomic E-state index is 5.39. The highest BCUT2D eigenvalue weighted by atomic mass is 27.0. The summed E-state index contributed by atoms with van der Waals surface area (Å²) in [4.78, 5) is 0. The van der Waals surface area contributed by atoms with E-state index in [2.05, 4.69) is 0 Å². The minimum Gasteiger partial charge on any atom is -0.397 e. The van der Waals surface area contributed by atoms with Crippen LogP contribution in [0, 0.1) is 0 Å². The van der Waals surface area contributed by atoms with Gasteiger partial charge in [-0.1, -0.05) is 12.1 Å². The Bertz CT molecular complexity index is 167. The highest BCUT2D eigenvalue weighted by molar-refractivity contribution is 5.75. The summed E-state index contributed by atoms with van der Waals surface area (Å²) < 4.78 is 0. The molecule has 0 aliphatic rings. The summed E-state index contributed by atoms with van der Waals surface area (Å²) in [6.07, 6.45) is 0. The topological polar surface area (TPSA) is 52.0 Å². The van der Waals surface area contributed by atoms with Crippen LogP contribution >= 0.6 is 0 Å². The Balaban J connectivity index is 0.000000640. The molecular weight excluding hydrogens is 127 g/mol. The van der Waals surface area contributed by atoms with E-state index in [9.17, 15) is 0 Å². The van der Waals surface area contributed by atoms with Gasteiger partial charge in [-0.15, -0.1) is 0 Å². The third kappa shape index (κ3) is 1.97. The maximum Gasteiger partial charge on any atom is 0.187 e. The first-order chi connectivity index (χ1) is 3.80. The molecule has 0 heterocycles. The Morgan fingerprint density at radius 2 is 1.22 bits per heavy atom. The van der Waals surface area contributed by atoms with E-state index >= 15 is 0 Å². The SMILES string of the molecule is Nc1ccccc1N.[AlH3]. The van der Waals surface area contributed by atoms with Gasteiger partial charge in [0, 0.05) is 0 Å². The second kappa shape index (κ2) is 3.39. The molecule has 3 heteroatoms. The smallest absolute Gasteiger partial charge is 0.187 e. The molecule has 48 valence electrons. The van der Waals surface area contributed by atoms with Gasteiger partial charge in [0.2, 0.25) is 0 Å². The molecule has 1 aromatic rings. The van der Waals surface area contributed by atoms with Crippen molar-refractivity contribution < 1.29 is 0 Å². The van der Waals surface area contributed by atoms with Crippen LogP contribution in [-0.2, 0) is 0 Å². The molecular formula is C6H11AlN2. The number of anilines is 2. The van der Waals surface area contributed by atoms with Crippen LogP contribution in [-0.4, -0.2) is 17.4 Å². The molecule has 0 saturated heterocycles. The second-order valence-corrected chi connectivity index (χ2v) is 1.63. The molecule has 0 aromatic heterocycles. The van der Waals surface area contributed by atoms with Gasteiger partial charge in [-0.2, -0.15) is 0 Å². The normalized spacial score (nSPS) is 8.00. The molecule has 1 rings (SSSR count). The first kappa shape index (κ1) is 8.35. The van der Waals surface area contributed by atoms with Crippen molar-refractivity contribution in [3.8, 4) is 0 Å². The van der Waals surface area contributed by atoms with Crippen molar-refractivity contribution >= 4 is 28.7 Å². The zero-order valence-corrected chi connectivity index (χ0v) is 4.46. The molecule has 4 N–H and O–H groups in total. The van der Waals surface area contributed by atoms with Gasteiger partial charge < -0.3 is 11.5 Å². The quantitative estimate of drug-likeness (QED) is 0.381. The fourth-order valence-electron chi connectivity index (χ4n) is 0.511. The number of nitrogens with two attached hydrogens (primary N) is 2. The van der Waals surface area contributed by atoms with Crippen molar-refractivity contribution in [2.45, 2.75) is 0 Å². The molecule has 2 nitrogen and oxygen atoms in total. The lowest BCUT2D eigenvalue weighted by Gasteiger charge is -1.94. The van der Waals surface area contributed by atoms with Crippen LogP contribution in [0.4, 0.5) is 11.4 Å². The number of hydrogen-bond donors (Lipinski definition) is 2. The molecule has 0 fully saturated rings. The average molecular weight is 138 g/mol. The van der Waals surface area contributed by atoms with Crippen molar-refractivity contribution in [3.05, 3.63) is 24.3 Å². The van der Waals surface area contributed by atoms with Crippen LogP contribution in [0.3, 0.4) is 0 Å². The van der Waals surface area contributed by atoms with Gasteiger partial charge in [-0.05, 0) is 12.1 Å². The molecule has 0 bridgehead atoms. The number of nitrogen functional groups attached to an aromatic ring is 2. The summed E-state index contributed by atoms with van der Waals surface area (Å²) >= 11 is 0. The van der Waals surface area contributed by atoms with Crippen molar-refractivity contribution in [1.82, 2.24) is 0 Å². The van der Waals surface area contributed by atoms with Gasteiger partial charge in [0.15, 0.2) is 17.4 Å². The van der Waals surface area contributed by atoms with E-state index in [-0.39, 0.29) is 17.4 Å². The number of benzene rings is 1. The van der Waals surface area contributed by atoms with E-state index in [0.717, 1.165) is 0 Å². The standard InChI is InChI=1S/C6H8N2.Al.3H/c7-5-3-1-2-4-6(5)8;;;;/h1-4H,7-8H2;;;;. The summed E-state index contributed by atoms with van der Waals surface area (Å²) in [6.45, 7) is 0. The van der Waals surface area contributed by atoms with Gasteiger partial charge >= 0.3 is 0 Å². The zero-order chi connectivity index (χ0) is 5.98. The van der Waals surface area contributed by atoms with E-state index in [0.29, 0.717) is 11.4 Å². The minimum atomic E-state index is 0. The highest BCUT2D eigenvalue weighted by Gasteiger charge is 1.85. The summed E-state index contributed by atoms with van der Waals surface area (Å²) in [5.74, 6) is 0. The van der Waals surface area contributed by atoms with Gasteiger partial charge in [-0.25, -0.2) is 0 Å². The third-order valence-electron chi connectivity index (χ3n) is 0.996. The largest absolute Gasteiger partial charge is 0.397 e. The first-order valence-electron chi connectivity index (χ1n) is 2.40. The Morgan fingerprint density at radius 3 is 1.44 bits per heavy atom. The molecule has 0 aliphatic carbocycles. The van der Waals surface area contributed by atoms with Crippen LogP contribution in [0.25, 0.3) is 0 Å². The second-order valence-electron chi connectivity index (χ2n) is 1.63. The maximum absolute atomic E-state index is 5.39. The van der Waals surface area contributed by atoms with E-state index in [1.54, 1.807) is 12.1 Å². The van der Waals surface area contributed by atoms with E-state index in [1.807, 2.05) is 12.1 Å². The monoisotopic (exact) mass is 138 g/mol. The van der Waals surface area contributed by atoms with Crippen molar-refractivity contribution in [2.75, 3.05) is 11.5 Å². The van der Waals surface area contributed by atoms with Crippen LogP contribution in [0.5, 0.6) is 0 Å². The molecule has 9 heavy (non-hydrogen) atoms. The summed E-state index contributed by atoms with van der Waals surface area (Å²) in [5.41, 5.74) is 12.1. The molecule has 1 aromatic carbocycles. The molecule has 0 amide bonds. The number of hydrogen-bond acceptors (Lipinski definition) is 2. The predicted molar refractivity (Wildman–Crippen MR) is 45.2 cm³/mol. The van der Waals surface area contributed by atoms with Crippen molar-refractivity contribution in [2.24, 2.45) is 0 Å². The van der Waals surface area contributed by atoms with Crippen molar-refractivity contribution in [1.29, 1.82) is 0 Å². The average Bonchev–Trinajstić information content (AvgIpc) is 1.77. The minimum absolute atomic E-state index is 0. The van der Waals surface area contributed by atoms with Gasteiger partial charge in [0.25, 0.3) is 0 Å². The third-order valence-corrected chi connectivity index (χ3v) is 0.996. The predicted octanol–water partition coefficient (Wildman–Crippen LogP) is -0.333. The van der Waals surface area contributed by atoms with Crippen molar-refractivity contribution in [3.63, 3.8) is 0 Å². The lowest BCUT2D eigenvalue weighted by molar-refractivity contribution is 1.67. The van der Waals surface area contributed by atoms with Crippen LogP contribution < -0.4 is 11.5 Å². The molecule has 0 atom stereocenters. The summed E-state index contributed by atoms with van der Waals surface area (Å²) in [5, 5.41) is 0. The Kier molecular flexibility index (Phi) is 3.15. The first-order valence-corrected chi connectivity index (χ1v) is 2.40. The Hall–Kier alpha value is -0.648. The van der Waals surface area contributed by atoms with Crippen LogP contribution in [0.15, 0.2) is 24.3 Å². The number of para-hydroxylation sites is 2. The van der Waals surface area contributed by atoms with Crippen LogP contribution in [0.2, 0.25) is 0 Å². The molecule has 0 radical (unpaired) electrons. The summed E-state index contributed by atoms with van der Waals surface area (Å²) in [6, 6.07) is 7.25. The Labute approximate surface area is 65.0 Å². The molecule has 0 unspecified atom stereocenters. The fourth-order valence-corrected chi connectivity index (χ4v) is 0.511. The lowest BCUT2D eigenvalue weighted by atomic mass is 10.3. The lowest BCUT2D eigenvalue weighted by Crippen LogP contribution is -1.91. The van der Waals surface area contributed by atoms with Gasteiger partial charge in [0.05, 0.1) is 11.4 Å². The zero-order valence-electron chi connectivity index (χ0n) is 4.46. The van der Waals surface area contributed by atoms with Crippen LogP contribution in [0.1, 0.15) is 0 Å².